The van der Waals surface area contributed by atoms with Crippen LogP contribution in [0.1, 0.15) is 24.8 Å². The van der Waals surface area contributed by atoms with E-state index in [2.05, 4.69) is 11.8 Å². The van der Waals surface area contributed by atoms with Gasteiger partial charge in [-0.15, -0.1) is 0 Å². The van der Waals surface area contributed by atoms with Crippen LogP contribution in [0.5, 0.6) is 5.75 Å². The lowest BCUT2D eigenvalue weighted by Gasteiger charge is -2.30. The van der Waals surface area contributed by atoms with E-state index in [9.17, 15) is 5.11 Å². The van der Waals surface area contributed by atoms with E-state index in [1.807, 2.05) is 12.1 Å². The highest BCUT2D eigenvalue weighted by molar-refractivity contribution is 5.55. The van der Waals surface area contributed by atoms with E-state index in [4.69, 9.17) is 0 Å². The topological polar surface area (TPSA) is 23.5 Å². The standard InChI is InChI=1S/C12H17NO/c1-10-9-11(14)5-6-12(10)13-7-3-2-4-8-13/h5-6,9,14H,2-4,7-8H2,1H3. The van der Waals surface area contributed by atoms with E-state index in [0.29, 0.717) is 5.75 Å². The summed E-state index contributed by atoms with van der Waals surface area (Å²) in [6.07, 6.45) is 3.94. The summed E-state index contributed by atoms with van der Waals surface area (Å²) in [6.45, 7) is 4.38. The monoisotopic (exact) mass is 191 g/mol. The van der Waals surface area contributed by atoms with Crippen LogP contribution in [0.15, 0.2) is 18.2 Å². The molecule has 2 nitrogen and oxygen atoms in total. The lowest BCUT2D eigenvalue weighted by molar-refractivity contribution is 0.474. The molecular weight excluding hydrogens is 174 g/mol. The van der Waals surface area contributed by atoms with Gasteiger partial charge >= 0.3 is 0 Å². The fourth-order valence-corrected chi connectivity index (χ4v) is 2.13. The zero-order chi connectivity index (χ0) is 9.97. The molecule has 1 saturated heterocycles. The molecule has 0 amide bonds. The summed E-state index contributed by atoms with van der Waals surface area (Å²) in [5.74, 6) is 0.364. The van der Waals surface area contributed by atoms with Crippen LogP contribution in [0, 0.1) is 6.92 Å². The van der Waals surface area contributed by atoms with Gasteiger partial charge in [0.05, 0.1) is 0 Å². The van der Waals surface area contributed by atoms with E-state index in [1.54, 1.807) is 6.07 Å². The molecule has 0 aromatic heterocycles. The summed E-state index contributed by atoms with van der Waals surface area (Å²) in [7, 11) is 0. The molecule has 0 aliphatic carbocycles. The molecule has 2 rings (SSSR count). The molecule has 1 aliphatic rings. The lowest BCUT2D eigenvalue weighted by atomic mass is 10.1. The molecule has 0 saturated carbocycles. The van der Waals surface area contributed by atoms with Gasteiger partial charge in [0.25, 0.3) is 0 Å². The molecule has 0 bridgehead atoms. The highest BCUT2D eigenvalue weighted by Gasteiger charge is 2.12. The number of aryl methyl sites for hydroxylation is 1. The van der Waals surface area contributed by atoms with Crippen LogP contribution in [-0.4, -0.2) is 18.2 Å². The molecule has 1 fully saturated rings. The van der Waals surface area contributed by atoms with Crippen molar-refractivity contribution in [1.82, 2.24) is 0 Å². The van der Waals surface area contributed by atoms with Gasteiger partial charge in [0.2, 0.25) is 0 Å². The Morgan fingerprint density at radius 1 is 1.14 bits per heavy atom. The van der Waals surface area contributed by atoms with Gasteiger partial charge in [-0.05, 0) is 49.9 Å². The molecular formula is C12H17NO. The second-order valence-corrected chi connectivity index (χ2v) is 4.02. The van der Waals surface area contributed by atoms with E-state index < -0.39 is 0 Å². The molecule has 0 radical (unpaired) electrons. The van der Waals surface area contributed by atoms with Crippen molar-refractivity contribution in [2.75, 3.05) is 18.0 Å². The first-order valence-electron chi connectivity index (χ1n) is 5.32. The van der Waals surface area contributed by atoms with Gasteiger partial charge in [-0.3, -0.25) is 0 Å². The fraction of sp³-hybridized carbons (Fsp3) is 0.500. The summed E-state index contributed by atoms with van der Waals surface area (Å²) < 4.78 is 0. The van der Waals surface area contributed by atoms with Gasteiger partial charge in [-0.2, -0.15) is 0 Å². The van der Waals surface area contributed by atoms with Gasteiger partial charge in [-0.1, -0.05) is 0 Å². The number of benzene rings is 1. The summed E-state index contributed by atoms with van der Waals surface area (Å²) in [6, 6.07) is 5.64. The first-order chi connectivity index (χ1) is 6.77. The average molecular weight is 191 g/mol. The Balaban J connectivity index is 2.22. The highest BCUT2D eigenvalue weighted by Crippen LogP contribution is 2.26. The van der Waals surface area contributed by atoms with Crippen molar-refractivity contribution in [3.8, 4) is 5.75 Å². The van der Waals surface area contributed by atoms with Crippen LogP contribution in [0.2, 0.25) is 0 Å². The predicted octanol–water partition coefficient (Wildman–Crippen LogP) is 2.69. The maximum Gasteiger partial charge on any atom is 0.115 e. The number of hydrogen-bond acceptors (Lipinski definition) is 2. The number of phenols is 1. The molecule has 1 aromatic carbocycles. The van der Waals surface area contributed by atoms with Crippen LogP contribution in [0.25, 0.3) is 0 Å². The molecule has 0 spiro atoms. The summed E-state index contributed by atoms with van der Waals surface area (Å²) in [5, 5.41) is 9.32. The van der Waals surface area contributed by atoms with Crippen molar-refractivity contribution in [3.05, 3.63) is 23.8 Å². The minimum absolute atomic E-state index is 0.364. The lowest BCUT2D eigenvalue weighted by Crippen LogP contribution is -2.29. The van der Waals surface area contributed by atoms with Crippen molar-refractivity contribution in [2.24, 2.45) is 0 Å². The van der Waals surface area contributed by atoms with E-state index in [1.165, 1.54) is 30.5 Å². The Kier molecular flexibility index (Phi) is 2.62. The third kappa shape index (κ3) is 1.84. The minimum Gasteiger partial charge on any atom is -0.508 e. The van der Waals surface area contributed by atoms with Crippen molar-refractivity contribution in [2.45, 2.75) is 26.2 Å². The largest absolute Gasteiger partial charge is 0.508 e. The van der Waals surface area contributed by atoms with Gasteiger partial charge in [-0.25, -0.2) is 0 Å². The first-order valence-corrected chi connectivity index (χ1v) is 5.32. The third-order valence-electron chi connectivity index (χ3n) is 2.88. The number of phenolic OH excluding ortho intramolecular Hbond substituents is 1. The highest BCUT2D eigenvalue weighted by atomic mass is 16.3. The Morgan fingerprint density at radius 2 is 1.86 bits per heavy atom. The van der Waals surface area contributed by atoms with Crippen molar-refractivity contribution in [1.29, 1.82) is 0 Å². The molecule has 0 unspecified atom stereocenters. The summed E-state index contributed by atoms with van der Waals surface area (Å²) in [5.41, 5.74) is 2.45. The number of anilines is 1. The normalized spacial score (nSPS) is 17.1. The minimum atomic E-state index is 0.364. The number of nitrogens with zero attached hydrogens (tertiary/aromatic N) is 1. The molecule has 76 valence electrons. The molecule has 1 aliphatic heterocycles. The Bertz CT molecular complexity index is 316. The van der Waals surface area contributed by atoms with Crippen LogP contribution in [0.3, 0.4) is 0 Å². The maximum absolute atomic E-state index is 9.32. The summed E-state index contributed by atoms with van der Waals surface area (Å²) >= 11 is 0. The number of rotatable bonds is 1. The Labute approximate surface area is 85.2 Å². The number of hydrogen-bond donors (Lipinski definition) is 1. The van der Waals surface area contributed by atoms with Crippen LogP contribution < -0.4 is 4.90 Å². The second kappa shape index (κ2) is 3.91. The number of aromatic hydroxyl groups is 1. The molecule has 1 aromatic rings. The van der Waals surface area contributed by atoms with Crippen molar-refractivity contribution >= 4 is 5.69 Å². The van der Waals surface area contributed by atoms with E-state index >= 15 is 0 Å². The van der Waals surface area contributed by atoms with Crippen molar-refractivity contribution < 1.29 is 5.11 Å². The average Bonchev–Trinajstić information content (AvgIpc) is 2.19. The summed E-state index contributed by atoms with van der Waals surface area (Å²) in [4.78, 5) is 2.41. The zero-order valence-electron chi connectivity index (χ0n) is 8.66. The molecule has 14 heavy (non-hydrogen) atoms. The zero-order valence-corrected chi connectivity index (χ0v) is 8.66. The van der Waals surface area contributed by atoms with Gasteiger partial charge in [0, 0.05) is 18.8 Å². The predicted molar refractivity (Wildman–Crippen MR) is 58.9 cm³/mol. The smallest absolute Gasteiger partial charge is 0.115 e. The van der Waals surface area contributed by atoms with E-state index in [-0.39, 0.29) is 0 Å². The van der Waals surface area contributed by atoms with Crippen LogP contribution >= 0.6 is 0 Å². The van der Waals surface area contributed by atoms with Gasteiger partial charge < -0.3 is 10.0 Å². The molecule has 2 heteroatoms. The molecule has 1 heterocycles. The van der Waals surface area contributed by atoms with Crippen LogP contribution in [0.4, 0.5) is 5.69 Å². The van der Waals surface area contributed by atoms with Crippen molar-refractivity contribution in [3.63, 3.8) is 0 Å². The Morgan fingerprint density at radius 3 is 2.50 bits per heavy atom. The third-order valence-corrected chi connectivity index (χ3v) is 2.88. The SMILES string of the molecule is Cc1cc(O)ccc1N1CCCCC1. The molecule has 1 N–H and O–H groups in total. The fourth-order valence-electron chi connectivity index (χ4n) is 2.13. The van der Waals surface area contributed by atoms with Crippen LogP contribution in [-0.2, 0) is 0 Å². The van der Waals surface area contributed by atoms with E-state index in [0.717, 1.165) is 13.1 Å². The number of piperidine rings is 1. The van der Waals surface area contributed by atoms with Gasteiger partial charge in [0.1, 0.15) is 5.75 Å². The second-order valence-electron chi connectivity index (χ2n) is 4.02. The Hall–Kier alpha value is -1.18. The maximum atomic E-state index is 9.32. The first kappa shape index (κ1) is 9.38. The quantitative estimate of drug-likeness (QED) is 0.737. The molecule has 0 atom stereocenters. The van der Waals surface area contributed by atoms with Gasteiger partial charge in [0.15, 0.2) is 0 Å².